The van der Waals surface area contributed by atoms with Gasteiger partial charge in [-0.3, -0.25) is 4.79 Å². The van der Waals surface area contributed by atoms with Gasteiger partial charge in [-0.15, -0.1) is 0 Å². The highest BCUT2D eigenvalue weighted by atomic mass is 32.2. The van der Waals surface area contributed by atoms with E-state index in [9.17, 15) is 13.2 Å². The number of hydrogen-bond acceptors (Lipinski definition) is 3. The van der Waals surface area contributed by atoms with E-state index in [0.29, 0.717) is 0 Å². The molecule has 0 bridgehead atoms. The van der Waals surface area contributed by atoms with Crippen molar-refractivity contribution in [2.45, 2.75) is 11.8 Å². The highest BCUT2D eigenvalue weighted by Crippen LogP contribution is 2.16. The maximum absolute atomic E-state index is 12.3. The maximum Gasteiger partial charge on any atom is 0.182 e. The molecule has 0 heterocycles. The minimum Gasteiger partial charge on any atom is -0.295 e. The second-order valence-corrected chi connectivity index (χ2v) is 6.70. The summed E-state index contributed by atoms with van der Waals surface area (Å²) in [5.74, 6) is -0.528. The van der Waals surface area contributed by atoms with E-state index in [0.717, 1.165) is 5.56 Å². The second kappa shape index (κ2) is 6.50. The largest absolute Gasteiger partial charge is 0.295 e. The Hall–Kier alpha value is -2.20. The molecule has 2 aromatic rings. The lowest BCUT2D eigenvalue weighted by Crippen LogP contribution is -2.13. The van der Waals surface area contributed by atoms with Gasteiger partial charge in [-0.25, -0.2) is 8.42 Å². The van der Waals surface area contributed by atoms with Crippen molar-refractivity contribution in [3.8, 4) is 0 Å². The lowest BCUT2D eigenvalue weighted by atomic mass is 10.1. The molecule has 0 aromatic heterocycles. The summed E-state index contributed by atoms with van der Waals surface area (Å²) >= 11 is 0. The van der Waals surface area contributed by atoms with Crippen LogP contribution in [0.2, 0.25) is 0 Å². The Morgan fingerprint density at radius 3 is 2.00 bits per heavy atom. The summed E-state index contributed by atoms with van der Waals surface area (Å²) < 4.78 is 24.7. The van der Waals surface area contributed by atoms with Gasteiger partial charge in [0.15, 0.2) is 15.6 Å². The number of Topliss-reactive ketones (excluding diaryl/α,β-unsaturated/α-hetero) is 1. The molecule has 0 saturated heterocycles. The van der Waals surface area contributed by atoms with Crippen LogP contribution in [-0.4, -0.2) is 20.0 Å². The van der Waals surface area contributed by atoms with Crippen molar-refractivity contribution in [3.63, 3.8) is 0 Å². The summed E-state index contributed by atoms with van der Waals surface area (Å²) in [6.45, 7) is 1.38. The van der Waals surface area contributed by atoms with Crippen LogP contribution in [0.1, 0.15) is 12.5 Å². The zero-order chi connectivity index (χ0) is 15.3. The van der Waals surface area contributed by atoms with Gasteiger partial charge >= 0.3 is 0 Å². The summed E-state index contributed by atoms with van der Waals surface area (Å²) in [6.07, 6.45) is 1.63. The fourth-order valence-electron chi connectivity index (χ4n) is 1.91. The van der Waals surface area contributed by atoms with Gasteiger partial charge in [-0.05, 0) is 30.7 Å². The summed E-state index contributed by atoms with van der Waals surface area (Å²) in [5.41, 5.74) is 1.09. The molecule has 0 fully saturated rings. The van der Waals surface area contributed by atoms with Crippen LogP contribution < -0.4 is 0 Å². The number of carbonyl (C=O) groups is 1. The summed E-state index contributed by atoms with van der Waals surface area (Å²) in [5, 5.41) is 0. The van der Waals surface area contributed by atoms with Crippen molar-refractivity contribution in [1.82, 2.24) is 0 Å². The lowest BCUT2D eigenvalue weighted by molar-refractivity contribution is -0.113. The Bertz CT molecular complexity index is 745. The molecule has 0 aliphatic rings. The smallest absolute Gasteiger partial charge is 0.182 e. The number of rotatable bonds is 5. The summed E-state index contributed by atoms with van der Waals surface area (Å²) in [6, 6.07) is 17.4. The first-order chi connectivity index (χ1) is 9.99. The van der Waals surface area contributed by atoms with Crippen LogP contribution in [0.5, 0.6) is 0 Å². The number of carbonyl (C=O) groups excluding carboxylic acids is 1. The van der Waals surface area contributed by atoms with E-state index in [1.807, 2.05) is 30.3 Å². The molecular weight excluding hydrogens is 284 g/mol. The van der Waals surface area contributed by atoms with E-state index >= 15 is 0 Å². The van der Waals surface area contributed by atoms with E-state index < -0.39 is 9.84 Å². The Morgan fingerprint density at radius 1 is 0.952 bits per heavy atom. The fourth-order valence-corrected chi connectivity index (χ4v) is 3.35. The Labute approximate surface area is 124 Å². The molecule has 2 rings (SSSR count). The fraction of sp³-hybridized carbons (Fsp3) is 0.118. The van der Waals surface area contributed by atoms with E-state index in [-0.39, 0.29) is 22.0 Å². The average molecular weight is 300 g/mol. The lowest BCUT2D eigenvalue weighted by Gasteiger charge is -2.06. The Morgan fingerprint density at radius 2 is 1.48 bits per heavy atom. The molecule has 21 heavy (non-hydrogen) atoms. The van der Waals surface area contributed by atoms with Crippen molar-refractivity contribution in [2.24, 2.45) is 0 Å². The van der Waals surface area contributed by atoms with Gasteiger partial charge in [-0.2, -0.15) is 0 Å². The molecule has 0 saturated carbocycles. The molecule has 4 heteroatoms. The molecule has 108 valence electrons. The molecular formula is C17H16O3S. The number of ketones is 1. The van der Waals surface area contributed by atoms with E-state index in [1.165, 1.54) is 19.1 Å². The quantitative estimate of drug-likeness (QED) is 0.797. The molecule has 0 aliphatic heterocycles. The van der Waals surface area contributed by atoms with E-state index in [1.54, 1.807) is 24.3 Å². The zero-order valence-electron chi connectivity index (χ0n) is 11.7. The number of hydrogen-bond donors (Lipinski definition) is 0. The molecule has 0 unspecified atom stereocenters. The molecule has 0 spiro atoms. The predicted molar refractivity (Wildman–Crippen MR) is 83.6 cm³/mol. The van der Waals surface area contributed by atoms with Crippen molar-refractivity contribution in [1.29, 1.82) is 0 Å². The zero-order valence-corrected chi connectivity index (χ0v) is 12.5. The van der Waals surface area contributed by atoms with Crippen molar-refractivity contribution >= 4 is 21.7 Å². The van der Waals surface area contributed by atoms with Gasteiger partial charge in [0.1, 0.15) is 0 Å². The van der Waals surface area contributed by atoms with Gasteiger partial charge < -0.3 is 0 Å². The molecule has 2 aromatic carbocycles. The maximum atomic E-state index is 12.3. The molecule has 0 radical (unpaired) electrons. The summed E-state index contributed by atoms with van der Waals surface area (Å²) in [7, 11) is -3.51. The van der Waals surface area contributed by atoms with Crippen molar-refractivity contribution < 1.29 is 13.2 Å². The van der Waals surface area contributed by atoms with Crippen LogP contribution in [0.25, 0.3) is 6.08 Å². The average Bonchev–Trinajstić information content (AvgIpc) is 2.48. The van der Waals surface area contributed by atoms with Crippen LogP contribution >= 0.6 is 0 Å². The highest BCUT2D eigenvalue weighted by molar-refractivity contribution is 7.91. The number of sulfone groups is 1. The topological polar surface area (TPSA) is 51.2 Å². The molecule has 0 N–H and O–H groups in total. The first-order valence-corrected chi connectivity index (χ1v) is 8.18. The van der Waals surface area contributed by atoms with Crippen molar-refractivity contribution in [3.05, 3.63) is 71.8 Å². The monoisotopic (exact) mass is 300 g/mol. The third-order valence-corrected chi connectivity index (χ3v) is 4.72. The van der Waals surface area contributed by atoms with Gasteiger partial charge in [0.2, 0.25) is 0 Å². The predicted octanol–water partition coefficient (Wildman–Crippen LogP) is 3.13. The van der Waals surface area contributed by atoms with E-state index in [4.69, 9.17) is 0 Å². The third-order valence-electron chi connectivity index (χ3n) is 3.04. The van der Waals surface area contributed by atoms with Gasteiger partial charge in [0, 0.05) is 5.57 Å². The van der Waals surface area contributed by atoms with Crippen LogP contribution in [-0.2, 0) is 14.6 Å². The van der Waals surface area contributed by atoms with Crippen LogP contribution in [0.15, 0.2) is 71.1 Å². The molecule has 3 nitrogen and oxygen atoms in total. The van der Waals surface area contributed by atoms with Crippen LogP contribution in [0.4, 0.5) is 0 Å². The minimum absolute atomic E-state index is 0.227. The minimum atomic E-state index is -3.51. The first kappa shape index (κ1) is 15.2. The first-order valence-electron chi connectivity index (χ1n) is 6.53. The summed E-state index contributed by atoms with van der Waals surface area (Å²) in [4.78, 5) is 12.0. The third kappa shape index (κ3) is 4.13. The normalized spacial score (nSPS) is 12.1. The Balaban J connectivity index is 2.34. The molecule has 0 aliphatic carbocycles. The Kier molecular flexibility index (Phi) is 4.70. The SMILES string of the molecule is CC(=O)/C(=C\c1ccccc1)CS(=O)(=O)c1ccccc1. The van der Waals surface area contributed by atoms with Crippen LogP contribution in [0, 0.1) is 0 Å². The van der Waals surface area contributed by atoms with Crippen LogP contribution in [0.3, 0.4) is 0 Å². The molecule has 0 atom stereocenters. The standard InChI is InChI=1S/C17H16O3S/c1-14(18)16(12-15-8-4-2-5-9-15)13-21(19,20)17-10-6-3-7-11-17/h2-12H,13H2,1H3/b16-12-. The second-order valence-electron chi connectivity index (χ2n) is 4.71. The van der Waals surface area contributed by atoms with Gasteiger partial charge in [0.25, 0.3) is 0 Å². The molecule has 0 amide bonds. The van der Waals surface area contributed by atoms with E-state index in [2.05, 4.69) is 0 Å². The highest BCUT2D eigenvalue weighted by Gasteiger charge is 2.18. The number of benzene rings is 2. The van der Waals surface area contributed by atoms with Gasteiger partial charge in [-0.1, -0.05) is 48.5 Å². The van der Waals surface area contributed by atoms with Gasteiger partial charge in [0.05, 0.1) is 10.6 Å². The van der Waals surface area contributed by atoms with Crippen molar-refractivity contribution in [2.75, 3.05) is 5.75 Å².